The lowest BCUT2D eigenvalue weighted by Crippen LogP contribution is -2.30. The first-order valence-electron chi connectivity index (χ1n) is 9.70. The van der Waals surface area contributed by atoms with Crippen LogP contribution in [0.4, 0.5) is 0 Å². The Kier molecular flexibility index (Phi) is 6.16. The average Bonchev–Trinajstić information content (AvgIpc) is 3.01. The van der Waals surface area contributed by atoms with Crippen molar-refractivity contribution in [3.05, 3.63) is 99.4 Å². The van der Waals surface area contributed by atoms with Crippen LogP contribution in [0.25, 0.3) is 5.57 Å². The highest BCUT2D eigenvalue weighted by molar-refractivity contribution is 8.04. The molecule has 0 aliphatic carbocycles. The second-order valence-corrected chi connectivity index (χ2v) is 8.69. The van der Waals surface area contributed by atoms with E-state index in [4.69, 9.17) is 16.3 Å². The molecule has 0 fully saturated rings. The maximum Gasteiger partial charge on any atom is 0.268 e. The number of hydrogen-bond donors (Lipinski definition) is 0. The normalized spacial score (nSPS) is 13.8. The molecule has 1 heterocycles. The van der Waals surface area contributed by atoms with E-state index < -0.39 is 0 Å². The molecule has 4 nitrogen and oxygen atoms in total. The molecule has 0 aromatic heterocycles. The van der Waals surface area contributed by atoms with E-state index in [1.54, 1.807) is 19.2 Å². The Morgan fingerprint density at radius 1 is 0.871 bits per heavy atom. The van der Waals surface area contributed by atoms with Gasteiger partial charge in [0.25, 0.3) is 11.8 Å². The van der Waals surface area contributed by atoms with Crippen molar-refractivity contribution in [2.24, 2.45) is 0 Å². The van der Waals surface area contributed by atoms with Crippen LogP contribution >= 0.6 is 23.4 Å². The lowest BCUT2D eigenvalue weighted by molar-refractivity contribution is -0.137. The molecule has 156 valence electrons. The lowest BCUT2D eigenvalue weighted by atomic mass is 10.0. The number of methoxy groups -OCH3 is 1. The minimum absolute atomic E-state index is 0.196. The zero-order chi connectivity index (χ0) is 22.0. The largest absolute Gasteiger partial charge is 0.497 e. The summed E-state index contributed by atoms with van der Waals surface area (Å²) in [5.74, 6) is 0.137. The van der Waals surface area contributed by atoms with Gasteiger partial charge in [-0.1, -0.05) is 65.3 Å². The highest BCUT2D eigenvalue weighted by atomic mass is 35.5. The molecule has 0 radical (unpaired) electrons. The molecular weight excluding hydrogens is 430 g/mol. The van der Waals surface area contributed by atoms with Crippen LogP contribution in [0.5, 0.6) is 5.75 Å². The van der Waals surface area contributed by atoms with Crippen LogP contribution in [0, 0.1) is 6.92 Å². The molecular formula is C25H20ClNO3S. The van der Waals surface area contributed by atoms with Gasteiger partial charge in [-0.25, -0.2) is 0 Å². The molecule has 3 aromatic rings. The molecule has 1 aliphatic rings. The summed E-state index contributed by atoms with van der Waals surface area (Å²) in [5, 5.41) is 0.618. The lowest BCUT2D eigenvalue weighted by Gasteiger charge is -2.15. The number of benzene rings is 3. The fourth-order valence-electron chi connectivity index (χ4n) is 3.30. The molecule has 0 N–H and O–H groups in total. The standard InChI is InChI=1S/C25H20ClNO3S/c1-16-3-7-18(8-4-16)22-23(31-21-13-9-19(26)10-14-21)25(29)27(24(22)28)15-17-5-11-20(30-2)12-6-17/h3-14H,15H2,1-2H3. The van der Waals surface area contributed by atoms with Gasteiger partial charge in [0.2, 0.25) is 0 Å². The summed E-state index contributed by atoms with van der Waals surface area (Å²) in [5.41, 5.74) is 3.10. The SMILES string of the molecule is COc1ccc(CN2C(=O)C(Sc3ccc(Cl)cc3)=C(c3ccc(C)cc3)C2=O)cc1. The molecule has 0 unspecified atom stereocenters. The van der Waals surface area contributed by atoms with Crippen LogP contribution in [0.2, 0.25) is 5.02 Å². The monoisotopic (exact) mass is 449 g/mol. The van der Waals surface area contributed by atoms with Gasteiger partial charge in [-0.15, -0.1) is 0 Å². The molecule has 1 aliphatic heterocycles. The second kappa shape index (κ2) is 9.00. The number of nitrogens with zero attached hydrogens (tertiary/aromatic N) is 1. The van der Waals surface area contributed by atoms with Gasteiger partial charge in [-0.2, -0.15) is 0 Å². The molecule has 0 spiro atoms. The topological polar surface area (TPSA) is 46.6 Å². The molecule has 0 saturated carbocycles. The molecule has 3 aromatic carbocycles. The predicted molar refractivity (Wildman–Crippen MR) is 124 cm³/mol. The molecule has 0 saturated heterocycles. The van der Waals surface area contributed by atoms with Crippen molar-refractivity contribution in [1.29, 1.82) is 0 Å². The van der Waals surface area contributed by atoms with Crippen molar-refractivity contribution in [3.8, 4) is 5.75 Å². The summed E-state index contributed by atoms with van der Waals surface area (Å²) < 4.78 is 5.19. The van der Waals surface area contributed by atoms with Gasteiger partial charge in [0.15, 0.2) is 0 Å². The summed E-state index contributed by atoms with van der Waals surface area (Å²) in [7, 11) is 1.60. The highest BCUT2D eigenvalue weighted by Crippen LogP contribution is 2.40. The fraction of sp³-hybridized carbons (Fsp3) is 0.120. The molecule has 31 heavy (non-hydrogen) atoms. The third-order valence-electron chi connectivity index (χ3n) is 5.00. The van der Waals surface area contributed by atoms with Crippen molar-refractivity contribution in [3.63, 3.8) is 0 Å². The number of ether oxygens (including phenoxy) is 1. The van der Waals surface area contributed by atoms with Crippen LogP contribution < -0.4 is 4.74 Å². The fourth-order valence-corrected chi connectivity index (χ4v) is 4.44. The third-order valence-corrected chi connectivity index (χ3v) is 6.34. The average molecular weight is 450 g/mol. The van der Waals surface area contributed by atoms with Gasteiger partial charge in [0.1, 0.15) is 5.75 Å². The van der Waals surface area contributed by atoms with E-state index in [-0.39, 0.29) is 18.4 Å². The molecule has 4 rings (SSSR count). The highest BCUT2D eigenvalue weighted by Gasteiger charge is 2.39. The van der Waals surface area contributed by atoms with Crippen LogP contribution in [-0.4, -0.2) is 23.8 Å². The summed E-state index contributed by atoms with van der Waals surface area (Å²) in [4.78, 5) is 29.3. The number of carbonyl (C=O) groups excluding carboxylic acids is 2. The van der Waals surface area contributed by atoms with Gasteiger partial charge in [-0.05, 0) is 54.4 Å². The van der Waals surface area contributed by atoms with E-state index in [2.05, 4.69) is 0 Å². The van der Waals surface area contributed by atoms with Gasteiger partial charge >= 0.3 is 0 Å². The van der Waals surface area contributed by atoms with E-state index in [0.717, 1.165) is 27.3 Å². The van der Waals surface area contributed by atoms with Crippen LogP contribution in [0.3, 0.4) is 0 Å². The number of halogens is 1. The van der Waals surface area contributed by atoms with E-state index in [1.165, 1.54) is 16.7 Å². The number of amides is 2. The Balaban J connectivity index is 1.70. The number of carbonyl (C=O) groups is 2. The molecule has 2 amide bonds. The minimum atomic E-state index is -0.295. The first kappa shape index (κ1) is 21.2. The Morgan fingerprint density at radius 3 is 2.13 bits per heavy atom. The Labute approximate surface area is 190 Å². The molecule has 6 heteroatoms. The Bertz CT molecular complexity index is 1150. The number of rotatable bonds is 6. The third kappa shape index (κ3) is 4.53. The van der Waals surface area contributed by atoms with Crippen molar-refractivity contribution in [2.75, 3.05) is 7.11 Å². The van der Waals surface area contributed by atoms with Gasteiger partial charge in [0, 0.05) is 9.92 Å². The number of hydrogen-bond acceptors (Lipinski definition) is 4. The zero-order valence-corrected chi connectivity index (χ0v) is 18.7. The molecule has 0 atom stereocenters. The van der Waals surface area contributed by atoms with E-state index in [0.29, 0.717) is 15.5 Å². The van der Waals surface area contributed by atoms with Crippen LogP contribution in [0.15, 0.2) is 82.6 Å². The first-order chi connectivity index (χ1) is 15.0. The number of thioether (sulfide) groups is 1. The van der Waals surface area contributed by atoms with E-state index in [9.17, 15) is 9.59 Å². The molecule has 0 bridgehead atoms. The quantitative estimate of drug-likeness (QED) is 0.451. The Hall–Kier alpha value is -3.02. The number of aryl methyl sites for hydroxylation is 1. The van der Waals surface area contributed by atoms with Gasteiger partial charge < -0.3 is 4.74 Å². The summed E-state index contributed by atoms with van der Waals surface area (Å²) >= 11 is 7.28. The second-order valence-electron chi connectivity index (χ2n) is 7.17. The van der Waals surface area contributed by atoms with Gasteiger partial charge in [0.05, 0.1) is 24.1 Å². The van der Waals surface area contributed by atoms with Crippen LogP contribution in [0.1, 0.15) is 16.7 Å². The van der Waals surface area contributed by atoms with Crippen LogP contribution in [-0.2, 0) is 16.1 Å². The number of imide groups is 1. The van der Waals surface area contributed by atoms with Gasteiger partial charge in [-0.3, -0.25) is 14.5 Å². The maximum atomic E-state index is 13.4. The summed E-state index contributed by atoms with van der Waals surface area (Å²) in [6.45, 7) is 2.18. The van der Waals surface area contributed by atoms with Crippen molar-refractivity contribution in [2.45, 2.75) is 18.4 Å². The smallest absolute Gasteiger partial charge is 0.268 e. The van der Waals surface area contributed by atoms with E-state index >= 15 is 0 Å². The first-order valence-corrected chi connectivity index (χ1v) is 10.9. The summed E-state index contributed by atoms with van der Waals surface area (Å²) in [6, 6.07) is 22.2. The Morgan fingerprint density at radius 2 is 1.52 bits per heavy atom. The van der Waals surface area contributed by atoms with Crippen molar-refractivity contribution < 1.29 is 14.3 Å². The maximum absolute atomic E-state index is 13.4. The predicted octanol–water partition coefficient (Wildman–Crippen LogP) is 5.73. The van der Waals surface area contributed by atoms with E-state index in [1.807, 2.05) is 67.6 Å². The minimum Gasteiger partial charge on any atom is -0.497 e. The summed E-state index contributed by atoms with van der Waals surface area (Å²) in [6.07, 6.45) is 0. The zero-order valence-electron chi connectivity index (χ0n) is 17.1. The van der Waals surface area contributed by atoms with Crippen molar-refractivity contribution in [1.82, 2.24) is 4.90 Å². The van der Waals surface area contributed by atoms with Crippen molar-refractivity contribution >= 4 is 40.8 Å².